The van der Waals surface area contributed by atoms with E-state index in [2.05, 4.69) is 20.2 Å². The van der Waals surface area contributed by atoms with Crippen LogP contribution in [0.15, 0.2) is 12.3 Å². The Labute approximate surface area is 112 Å². The SMILES string of the molecule is Nc1ccnc(CN2CCC[C@H]2C(=O)NC2CC2)n1. The molecule has 3 N–H and O–H groups in total. The van der Waals surface area contributed by atoms with Crippen molar-refractivity contribution in [3.8, 4) is 0 Å². The van der Waals surface area contributed by atoms with Crippen LogP contribution in [0.1, 0.15) is 31.5 Å². The molecule has 19 heavy (non-hydrogen) atoms. The molecule has 6 nitrogen and oxygen atoms in total. The Morgan fingerprint density at radius 3 is 3.05 bits per heavy atom. The number of hydrogen-bond donors (Lipinski definition) is 2. The van der Waals surface area contributed by atoms with Crippen molar-refractivity contribution < 1.29 is 4.79 Å². The van der Waals surface area contributed by atoms with Gasteiger partial charge in [0.2, 0.25) is 5.91 Å². The van der Waals surface area contributed by atoms with Gasteiger partial charge in [0, 0.05) is 12.2 Å². The molecule has 1 atom stereocenters. The number of nitrogens with two attached hydrogens (primary N) is 1. The smallest absolute Gasteiger partial charge is 0.237 e. The highest BCUT2D eigenvalue weighted by Crippen LogP contribution is 2.23. The van der Waals surface area contributed by atoms with Crippen molar-refractivity contribution in [3.05, 3.63) is 18.1 Å². The van der Waals surface area contributed by atoms with Crippen molar-refractivity contribution in [2.75, 3.05) is 12.3 Å². The van der Waals surface area contributed by atoms with Gasteiger partial charge in [0.1, 0.15) is 11.6 Å². The predicted octanol–water partition coefficient (Wildman–Crippen LogP) is 0.302. The standard InChI is InChI=1S/C13H19N5O/c14-11-5-6-15-12(17-11)8-18-7-1-2-10(18)13(19)16-9-3-4-9/h5-6,9-10H,1-4,7-8H2,(H,16,19)(H2,14,15,17)/t10-/m0/s1. The summed E-state index contributed by atoms with van der Waals surface area (Å²) in [6.07, 6.45) is 5.87. The van der Waals surface area contributed by atoms with Crippen molar-refractivity contribution in [1.82, 2.24) is 20.2 Å². The second-order valence-corrected chi connectivity index (χ2v) is 5.31. The van der Waals surface area contributed by atoms with E-state index in [1.165, 1.54) is 0 Å². The Morgan fingerprint density at radius 1 is 1.47 bits per heavy atom. The van der Waals surface area contributed by atoms with E-state index in [9.17, 15) is 4.79 Å². The average Bonchev–Trinajstić information content (AvgIpc) is 3.06. The first-order valence-electron chi connectivity index (χ1n) is 6.84. The van der Waals surface area contributed by atoms with Crippen molar-refractivity contribution in [2.24, 2.45) is 0 Å². The van der Waals surface area contributed by atoms with Crippen LogP contribution in [-0.4, -0.2) is 39.4 Å². The molecule has 102 valence electrons. The summed E-state index contributed by atoms with van der Waals surface area (Å²) in [7, 11) is 0. The lowest BCUT2D eigenvalue weighted by Gasteiger charge is -2.22. The van der Waals surface area contributed by atoms with Gasteiger partial charge in [-0.05, 0) is 38.3 Å². The van der Waals surface area contributed by atoms with E-state index in [0.29, 0.717) is 24.2 Å². The van der Waals surface area contributed by atoms with Crippen molar-refractivity contribution >= 4 is 11.7 Å². The fraction of sp³-hybridized carbons (Fsp3) is 0.615. The summed E-state index contributed by atoms with van der Waals surface area (Å²) < 4.78 is 0. The third-order valence-electron chi connectivity index (χ3n) is 3.66. The minimum absolute atomic E-state index is 0.0365. The third kappa shape index (κ3) is 3.01. The molecule has 2 fully saturated rings. The normalized spacial score (nSPS) is 23.5. The number of hydrogen-bond acceptors (Lipinski definition) is 5. The van der Waals surface area contributed by atoms with Crippen molar-refractivity contribution in [3.63, 3.8) is 0 Å². The lowest BCUT2D eigenvalue weighted by atomic mass is 10.2. The molecule has 1 saturated carbocycles. The second-order valence-electron chi connectivity index (χ2n) is 5.31. The average molecular weight is 261 g/mol. The maximum absolute atomic E-state index is 12.1. The van der Waals surface area contributed by atoms with E-state index in [1.54, 1.807) is 12.3 Å². The highest BCUT2D eigenvalue weighted by Gasteiger charge is 2.34. The quantitative estimate of drug-likeness (QED) is 0.814. The van der Waals surface area contributed by atoms with Crippen LogP contribution in [0, 0.1) is 0 Å². The molecular weight excluding hydrogens is 242 g/mol. The highest BCUT2D eigenvalue weighted by molar-refractivity contribution is 5.82. The number of amides is 1. The molecule has 1 aliphatic carbocycles. The molecule has 0 unspecified atom stereocenters. The zero-order valence-electron chi connectivity index (χ0n) is 10.9. The molecule has 6 heteroatoms. The number of rotatable bonds is 4. The van der Waals surface area contributed by atoms with Crippen molar-refractivity contribution in [2.45, 2.75) is 44.3 Å². The topological polar surface area (TPSA) is 84.1 Å². The summed E-state index contributed by atoms with van der Waals surface area (Å²) in [6.45, 7) is 1.51. The fourth-order valence-corrected chi connectivity index (χ4v) is 2.51. The third-order valence-corrected chi connectivity index (χ3v) is 3.66. The molecule has 2 aliphatic rings. The van der Waals surface area contributed by atoms with Gasteiger partial charge in [-0.1, -0.05) is 0 Å². The number of aromatic nitrogens is 2. The summed E-state index contributed by atoms with van der Waals surface area (Å²) >= 11 is 0. The number of anilines is 1. The van der Waals surface area contributed by atoms with Gasteiger partial charge in [-0.15, -0.1) is 0 Å². The van der Waals surface area contributed by atoms with Crippen LogP contribution in [0.5, 0.6) is 0 Å². The Balaban J connectivity index is 1.63. The molecule has 0 spiro atoms. The van der Waals surface area contributed by atoms with Gasteiger partial charge in [0.05, 0.1) is 12.6 Å². The summed E-state index contributed by atoms with van der Waals surface area (Å²) in [5.41, 5.74) is 5.65. The van der Waals surface area contributed by atoms with E-state index >= 15 is 0 Å². The van der Waals surface area contributed by atoms with Crippen LogP contribution in [0.25, 0.3) is 0 Å². The van der Waals surface area contributed by atoms with E-state index in [1.807, 2.05) is 0 Å². The Hall–Kier alpha value is -1.69. The molecule has 2 heterocycles. The number of nitrogens with one attached hydrogen (secondary N) is 1. The Bertz CT molecular complexity index is 474. The number of likely N-dealkylation sites (tertiary alicyclic amines) is 1. The number of carbonyl (C=O) groups is 1. The summed E-state index contributed by atoms with van der Waals surface area (Å²) in [6, 6.07) is 2.05. The van der Waals surface area contributed by atoms with Crippen LogP contribution >= 0.6 is 0 Å². The van der Waals surface area contributed by atoms with E-state index in [-0.39, 0.29) is 11.9 Å². The van der Waals surface area contributed by atoms with Crippen molar-refractivity contribution in [1.29, 1.82) is 0 Å². The van der Waals surface area contributed by atoms with Gasteiger partial charge in [-0.3, -0.25) is 9.69 Å². The minimum Gasteiger partial charge on any atom is -0.384 e. The maximum atomic E-state index is 12.1. The van der Waals surface area contributed by atoms with Gasteiger partial charge in [-0.25, -0.2) is 9.97 Å². The van der Waals surface area contributed by atoms with E-state index < -0.39 is 0 Å². The molecule has 0 bridgehead atoms. The highest BCUT2D eigenvalue weighted by atomic mass is 16.2. The molecule has 1 aromatic rings. The van der Waals surface area contributed by atoms with Crippen LogP contribution in [0.4, 0.5) is 5.82 Å². The summed E-state index contributed by atoms with van der Waals surface area (Å²) in [4.78, 5) is 22.7. The molecular formula is C13H19N5O. The lowest BCUT2D eigenvalue weighted by Crippen LogP contribution is -2.43. The largest absolute Gasteiger partial charge is 0.384 e. The van der Waals surface area contributed by atoms with E-state index in [4.69, 9.17) is 5.73 Å². The van der Waals surface area contributed by atoms with Crippen LogP contribution in [0.3, 0.4) is 0 Å². The van der Waals surface area contributed by atoms with Crippen LogP contribution < -0.4 is 11.1 Å². The molecule has 1 aromatic heterocycles. The van der Waals surface area contributed by atoms with Crippen LogP contribution in [0.2, 0.25) is 0 Å². The summed E-state index contributed by atoms with van der Waals surface area (Å²) in [5.74, 6) is 1.32. The predicted molar refractivity (Wildman–Crippen MR) is 71.0 cm³/mol. The number of carbonyl (C=O) groups excluding carboxylic acids is 1. The van der Waals surface area contributed by atoms with Gasteiger partial charge >= 0.3 is 0 Å². The molecule has 3 rings (SSSR count). The number of nitrogens with zero attached hydrogens (tertiary/aromatic N) is 3. The second kappa shape index (κ2) is 5.13. The first-order valence-corrected chi connectivity index (χ1v) is 6.84. The lowest BCUT2D eigenvalue weighted by molar-refractivity contribution is -0.125. The molecule has 0 aromatic carbocycles. The van der Waals surface area contributed by atoms with Gasteiger partial charge < -0.3 is 11.1 Å². The fourth-order valence-electron chi connectivity index (χ4n) is 2.51. The first kappa shape index (κ1) is 12.3. The molecule has 1 amide bonds. The summed E-state index contributed by atoms with van der Waals surface area (Å²) in [5, 5.41) is 3.08. The molecule has 1 aliphatic heterocycles. The zero-order chi connectivity index (χ0) is 13.2. The zero-order valence-corrected chi connectivity index (χ0v) is 10.9. The molecule has 1 saturated heterocycles. The first-order chi connectivity index (χ1) is 9.22. The number of nitrogen functional groups attached to an aromatic ring is 1. The van der Waals surface area contributed by atoms with Gasteiger partial charge in [-0.2, -0.15) is 0 Å². The molecule has 0 radical (unpaired) electrons. The van der Waals surface area contributed by atoms with E-state index in [0.717, 1.165) is 32.2 Å². The monoisotopic (exact) mass is 261 g/mol. The minimum atomic E-state index is -0.0365. The van der Waals surface area contributed by atoms with Crippen LogP contribution in [-0.2, 0) is 11.3 Å². The van der Waals surface area contributed by atoms with Gasteiger partial charge in [0.25, 0.3) is 0 Å². The Morgan fingerprint density at radius 2 is 2.32 bits per heavy atom. The maximum Gasteiger partial charge on any atom is 0.237 e. The Kier molecular flexibility index (Phi) is 3.33. The van der Waals surface area contributed by atoms with Gasteiger partial charge in [0.15, 0.2) is 0 Å².